The Morgan fingerprint density at radius 3 is 2.75 bits per heavy atom. The van der Waals surface area contributed by atoms with Crippen LogP contribution < -0.4 is 10.5 Å². The average molecular weight is 238 g/mol. The van der Waals surface area contributed by atoms with E-state index in [4.69, 9.17) is 5.73 Å². The summed E-state index contributed by atoms with van der Waals surface area (Å²) >= 11 is 1.44. The van der Waals surface area contributed by atoms with Gasteiger partial charge in [0.15, 0.2) is 0 Å². The highest BCUT2D eigenvalue weighted by atomic mass is 32.2. The SMILES string of the molecule is NCCCSNC(=O)CCc1ccccc1. The molecule has 3 N–H and O–H groups in total. The van der Waals surface area contributed by atoms with Crippen LogP contribution in [0.2, 0.25) is 0 Å². The second-order valence-corrected chi connectivity index (χ2v) is 4.40. The molecule has 0 saturated heterocycles. The van der Waals surface area contributed by atoms with E-state index in [1.165, 1.54) is 17.5 Å². The number of benzene rings is 1. The molecule has 4 heteroatoms. The summed E-state index contributed by atoms with van der Waals surface area (Å²) in [7, 11) is 0. The first kappa shape index (κ1) is 13.1. The zero-order valence-electron chi connectivity index (χ0n) is 9.32. The van der Waals surface area contributed by atoms with E-state index in [1.54, 1.807) is 0 Å². The lowest BCUT2D eigenvalue weighted by atomic mass is 10.1. The summed E-state index contributed by atoms with van der Waals surface area (Å²) < 4.78 is 2.81. The second-order valence-electron chi connectivity index (χ2n) is 3.50. The van der Waals surface area contributed by atoms with Crippen molar-refractivity contribution in [1.82, 2.24) is 4.72 Å². The Balaban J connectivity index is 2.11. The Hall–Kier alpha value is -1.00. The topological polar surface area (TPSA) is 55.1 Å². The maximum atomic E-state index is 11.4. The molecule has 1 rings (SSSR count). The Bertz CT molecular complexity index is 303. The van der Waals surface area contributed by atoms with Gasteiger partial charge in [-0.3, -0.25) is 4.79 Å². The summed E-state index contributed by atoms with van der Waals surface area (Å²) in [5, 5.41) is 0. The molecule has 3 nitrogen and oxygen atoms in total. The Morgan fingerprint density at radius 2 is 2.06 bits per heavy atom. The lowest BCUT2D eigenvalue weighted by molar-refractivity contribution is -0.119. The van der Waals surface area contributed by atoms with E-state index in [2.05, 4.69) is 4.72 Å². The van der Waals surface area contributed by atoms with E-state index in [-0.39, 0.29) is 5.91 Å². The summed E-state index contributed by atoms with van der Waals surface area (Å²) in [5.41, 5.74) is 6.55. The van der Waals surface area contributed by atoms with Crippen molar-refractivity contribution in [2.24, 2.45) is 5.73 Å². The third-order valence-corrected chi connectivity index (χ3v) is 2.98. The van der Waals surface area contributed by atoms with Crippen molar-refractivity contribution >= 4 is 17.9 Å². The number of hydrogen-bond donors (Lipinski definition) is 2. The average Bonchev–Trinajstić information content (AvgIpc) is 2.33. The Labute approximate surface area is 101 Å². The van der Waals surface area contributed by atoms with Gasteiger partial charge in [-0.1, -0.05) is 42.3 Å². The molecular weight excluding hydrogens is 220 g/mol. The van der Waals surface area contributed by atoms with Gasteiger partial charge in [-0.25, -0.2) is 0 Å². The van der Waals surface area contributed by atoms with Crippen LogP contribution in [0.5, 0.6) is 0 Å². The lowest BCUT2D eigenvalue weighted by Crippen LogP contribution is -2.17. The molecule has 0 radical (unpaired) electrons. The van der Waals surface area contributed by atoms with E-state index < -0.39 is 0 Å². The molecule has 88 valence electrons. The first-order valence-electron chi connectivity index (χ1n) is 5.47. The van der Waals surface area contributed by atoms with Crippen LogP contribution in [0.25, 0.3) is 0 Å². The minimum absolute atomic E-state index is 0.0888. The van der Waals surface area contributed by atoms with Gasteiger partial charge in [-0.15, -0.1) is 0 Å². The Morgan fingerprint density at radius 1 is 1.31 bits per heavy atom. The molecule has 0 unspecified atom stereocenters. The van der Waals surface area contributed by atoms with Crippen LogP contribution >= 0.6 is 11.9 Å². The van der Waals surface area contributed by atoms with E-state index >= 15 is 0 Å². The maximum Gasteiger partial charge on any atom is 0.230 e. The van der Waals surface area contributed by atoms with Crippen molar-refractivity contribution in [3.63, 3.8) is 0 Å². The zero-order chi connectivity index (χ0) is 11.6. The zero-order valence-corrected chi connectivity index (χ0v) is 10.1. The van der Waals surface area contributed by atoms with Crippen molar-refractivity contribution in [3.8, 4) is 0 Å². The summed E-state index contributed by atoms with van der Waals surface area (Å²) in [4.78, 5) is 11.4. The standard InChI is InChI=1S/C12H18N2OS/c13-9-4-10-16-14-12(15)8-7-11-5-2-1-3-6-11/h1-3,5-6H,4,7-10,13H2,(H,14,15). The number of nitrogens with two attached hydrogens (primary N) is 1. The minimum atomic E-state index is 0.0888. The molecule has 0 saturated carbocycles. The molecule has 1 aromatic rings. The smallest absolute Gasteiger partial charge is 0.230 e. The van der Waals surface area contributed by atoms with E-state index in [0.717, 1.165) is 18.6 Å². The largest absolute Gasteiger partial charge is 0.330 e. The molecule has 1 amide bonds. The fourth-order valence-corrected chi connectivity index (χ4v) is 1.92. The van der Waals surface area contributed by atoms with Gasteiger partial charge in [-0.05, 0) is 24.9 Å². The lowest BCUT2D eigenvalue weighted by Gasteiger charge is -2.03. The molecule has 1 aromatic carbocycles. The van der Waals surface area contributed by atoms with Gasteiger partial charge in [0.1, 0.15) is 0 Å². The van der Waals surface area contributed by atoms with Crippen LogP contribution in [0.1, 0.15) is 18.4 Å². The molecule has 0 atom stereocenters. The van der Waals surface area contributed by atoms with Gasteiger partial charge < -0.3 is 10.5 Å². The second kappa shape index (κ2) is 8.19. The molecule has 0 heterocycles. The molecule has 0 fully saturated rings. The van der Waals surface area contributed by atoms with Crippen LogP contribution in [-0.4, -0.2) is 18.2 Å². The quantitative estimate of drug-likeness (QED) is 0.562. The van der Waals surface area contributed by atoms with Gasteiger partial charge >= 0.3 is 0 Å². The summed E-state index contributed by atoms with van der Waals surface area (Å²) in [5.74, 6) is 0.971. The highest BCUT2D eigenvalue weighted by molar-refractivity contribution is 7.97. The predicted molar refractivity (Wildman–Crippen MR) is 69.0 cm³/mol. The number of aryl methyl sites for hydroxylation is 1. The van der Waals surface area contributed by atoms with Crippen LogP contribution in [0, 0.1) is 0 Å². The number of hydrogen-bond acceptors (Lipinski definition) is 3. The Kier molecular flexibility index (Phi) is 6.69. The fourth-order valence-electron chi connectivity index (χ4n) is 1.24. The van der Waals surface area contributed by atoms with Gasteiger partial charge in [0.25, 0.3) is 0 Å². The van der Waals surface area contributed by atoms with Gasteiger partial charge in [0.2, 0.25) is 5.91 Å². The maximum absolute atomic E-state index is 11.4. The van der Waals surface area contributed by atoms with Crippen molar-refractivity contribution < 1.29 is 4.79 Å². The number of carbonyl (C=O) groups excluding carboxylic acids is 1. The molecule has 0 aliphatic carbocycles. The van der Waals surface area contributed by atoms with Crippen LogP contribution in [-0.2, 0) is 11.2 Å². The van der Waals surface area contributed by atoms with Crippen molar-refractivity contribution in [1.29, 1.82) is 0 Å². The van der Waals surface area contributed by atoms with Crippen molar-refractivity contribution in [2.45, 2.75) is 19.3 Å². The summed E-state index contributed by atoms with van der Waals surface area (Å²) in [6, 6.07) is 10.0. The number of nitrogens with one attached hydrogen (secondary N) is 1. The highest BCUT2D eigenvalue weighted by Gasteiger charge is 2.01. The number of amides is 1. The van der Waals surface area contributed by atoms with Crippen LogP contribution in [0.3, 0.4) is 0 Å². The molecule has 0 aliphatic heterocycles. The molecule has 0 aromatic heterocycles. The van der Waals surface area contributed by atoms with E-state index in [0.29, 0.717) is 13.0 Å². The predicted octanol–water partition coefficient (Wildman–Crippen LogP) is 1.73. The fraction of sp³-hybridized carbons (Fsp3) is 0.417. The van der Waals surface area contributed by atoms with Crippen molar-refractivity contribution in [2.75, 3.05) is 12.3 Å². The minimum Gasteiger partial charge on any atom is -0.330 e. The monoisotopic (exact) mass is 238 g/mol. The van der Waals surface area contributed by atoms with E-state index in [1.807, 2.05) is 30.3 Å². The van der Waals surface area contributed by atoms with Gasteiger partial charge in [0.05, 0.1) is 0 Å². The van der Waals surface area contributed by atoms with E-state index in [9.17, 15) is 4.79 Å². The molecule has 0 bridgehead atoms. The van der Waals surface area contributed by atoms with Crippen LogP contribution in [0.15, 0.2) is 30.3 Å². The molecule has 16 heavy (non-hydrogen) atoms. The third-order valence-electron chi connectivity index (χ3n) is 2.12. The third kappa shape index (κ3) is 5.78. The normalized spacial score (nSPS) is 10.1. The number of rotatable bonds is 7. The van der Waals surface area contributed by atoms with Crippen molar-refractivity contribution in [3.05, 3.63) is 35.9 Å². The molecule has 0 aliphatic rings. The molecular formula is C12H18N2OS. The number of carbonyl (C=O) groups is 1. The first-order valence-corrected chi connectivity index (χ1v) is 6.46. The summed E-state index contributed by atoms with van der Waals surface area (Å²) in [6.45, 7) is 0.673. The van der Waals surface area contributed by atoms with Gasteiger partial charge in [0, 0.05) is 12.2 Å². The van der Waals surface area contributed by atoms with Crippen LogP contribution in [0.4, 0.5) is 0 Å². The summed E-state index contributed by atoms with van der Waals surface area (Å²) in [6.07, 6.45) is 2.27. The molecule has 0 spiro atoms. The first-order chi connectivity index (χ1) is 7.83. The highest BCUT2D eigenvalue weighted by Crippen LogP contribution is 2.03. The van der Waals surface area contributed by atoms with Gasteiger partial charge in [-0.2, -0.15) is 0 Å².